The van der Waals surface area contributed by atoms with Gasteiger partial charge in [-0.15, -0.1) is 0 Å². The zero-order valence-electron chi connectivity index (χ0n) is 13.2. The van der Waals surface area contributed by atoms with Crippen molar-refractivity contribution >= 4 is 5.91 Å². The van der Waals surface area contributed by atoms with E-state index in [0.29, 0.717) is 30.8 Å². The molecule has 0 radical (unpaired) electrons. The number of hydrogen-bond acceptors (Lipinski definition) is 5. The van der Waals surface area contributed by atoms with Gasteiger partial charge in [0.05, 0.1) is 6.61 Å². The van der Waals surface area contributed by atoms with Gasteiger partial charge in [-0.05, 0) is 37.5 Å². The first-order chi connectivity index (χ1) is 11.2. The summed E-state index contributed by atoms with van der Waals surface area (Å²) in [5.41, 5.74) is 1.50. The summed E-state index contributed by atoms with van der Waals surface area (Å²) in [6.07, 6.45) is 7.13. The van der Waals surface area contributed by atoms with Crippen molar-refractivity contribution < 1.29 is 9.53 Å². The molecule has 1 fully saturated rings. The van der Waals surface area contributed by atoms with Gasteiger partial charge in [0.25, 0.3) is 5.91 Å². The smallest absolute Gasteiger partial charge is 0.316 e. The highest BCUT2D eigenvalue weighted by Gasteiger charge is 2.25. The molecule has 1 saturated heterocycles. The molecule has 0 aliphatic carbocycles. The largest absolute Gasteiger partial charge is 0.463 e. The number of aryl methyl sites for hydroxylation is 1. The average Bonchev–Trinajstić information content (AvgIpc) is 2.61. The van der Waals surface area contributed by atoms with Crippen LogP contribution in [0.4, 0.5) is 0 Å². The molecule has 0 N–H and O–H groups in total. The van der Waals surface area contributed by atoms with Gasteiger partial charge in [0.2, 0.25) is 0 Å². The molecule has 1 atom stereocenters. The molecule has 120 valence electrons. The molecule has 0 spiro atoms. The lowest BCUT2D eigenvalue weighted by Crippen LogP contribution is -2.41. The standard InChI is InChI=1S/C17H20N4O2/c1-13-9-19-17(20-10-13)23-12-14-5-4-8-21(11-14)16(22)15-6-2-3-7-18-15/h2-3,6-7,9-10,14H,4-5,8,11-12H2,1H3. The van der Waals surface area contributed by atoms with Crippen molar-refractivity contribution in [1.29, 1.82) is 0 Å². The van der Waals surface area contributed by atoms with Gasteiger partial charge in [0.1, 0.15) is 5.69 Å². The molecular formula is C17H20N4O2. The Labute approximate surface area is 135 Å². The monoisotopic (exact) mass is 312 g/mol. The van der Waals surface area contributed by atoms with Crippen LogP contribution in [-0.2, 0) is 0 Å². The predicted octanol–water partition coefficient (Wildman–Crippen LogP) is 2.11. The Kier molecular flexibility index (Phi) is 4.80. The summed E-state index contributed by atoms with van der Waals surface area (Å²) in [6, 6.07) is 5.79. The second-order valence-corrected chi connectivity index (χ2v) is 5.83. The summed E-state index contributed by atoms with van der Waals surface area (Å²) in [5.74, 6) is 0.281. The summed E-state index contributed by atoms with van der Waals surface area (Å²) in [5, 5.41) is 0. The fourth-order valence-corrected chi connectivity index (χ4v) is 2.68. The Bertz CT molecular complexity index is 645. The summed E-state index contributed by atoms with van der Waals surface area (Å²) in [7, 11) is 0. The average molecular weight is 312 g/mol. The topological polar surface area (TPSA) is 68.2 Å². The van der Waals surface area contributed by atoms with E-state index in [1.165, 1.54) is 0 Å². The van der Waals surface area contributed by atoms with Gasteiger partial charge >= 0.3 is 6.01 Å². The number of nitrogens with zero attached hydrogens (tertiary/aromatic N) is 4. The van der Waals surface area contributed by atoms with Crippen molar-refractivity contribution in [3.05, 3.63) is 48.0 Å². The van der Waals surface area contributed by atoms with Crippen molar-refractivity contribution in [3.63, 3.8) is 0 Å². The number of pyridine rings is 1. The number of rotatable bonds is 4. The van der Waals surface area contributed by atoms with Crippen molar-refractivity contribution in [3.8, 4) is 6.01 Å². The molecule has 6 heteroatoms. The maximum Gasteiger partial charge on any atom is 0.316 e. The molecule has 2 aromatic rings. The van der Waals surface area contributed by atoms with E-state index in [2.05, 4.69) is 15.0 Å². The summed E-state index contributed by atoms with van der Waals surface area (Å²) in [6.45, 7) is 3.91. The lowest BCUT2D eigenvalue weighted by atomic mass is 9.98. The van der Waals surface area contributed by atoms with Crippen LogP contribution in [0.5, 0.6) is 6.01 Å². The van der Waals surface area contributed by atoms with E-state index in [0.717, 1.165) is 24.9 Å². The normalized spacial score (nSPS) is 17.8. The number of carbonyl (C=O) groups is 1. The SMILES string of the molecule is Cc1cnc(OCC2CCCN(C(=O)c3ccccn3)C2)nc1. The van der Waals surface area contributed by atoms with E-state index in [4.69, 9.17) is 4.74 Å². The highest BCUT2D eigenvalue weighted by Crippen LogP contribution is 2.19. The number of likely N-dealkylation sites (tertiary alicyclic amines) is 1. The minimum Gasteiger partial charge on any atom is -0.463 e. The van der Waals surface area contributed by atoms with Gasteiger partial charge in [-0.25, -0.2) is 9.97 Å². The van der Waals surface area contributed by atoms with Crippen molar-refractivity contribution in [2.45, 2.75) is 19.8 Å². The van der Waals surface area contributed by atoms with Crippen LogP contribution in [0.1, 0.15) is 28.9 Å². The van der Waals surface area contributed by atoms with Crippen molar-refractivity contribution in [2.24, 2.45) is 5.92 Å². The molecule has 0 saturated carbocycles. The molecule has 1 aliphatic rings. The van der Waals surface area contributed by atoms with Crippen LogP contribution in [0, 0.1) is 12.8 Å². The molecular weight excluding hydrogens is 292 g/mol. The van der Waals surface area contributed by atoms with Crippen LogP contribution in [-0.4, -0.2) is 45.5 Å². The van der Waals surface area contributed by atoms with Crippen molar-refractivity contribution in [1.82, 2.24) is 19.9 Å². The molecule has 1 unspecified atom stereocenters. The van der Waals surface area contributed by atoms with Gasteiger partial charge in [-0.1, -0.05) is 6.07 Å². The molecule has 0 bridgehead atoms. The van der Waals surface area contributed by atoms with Crippen LogP contribution in [0.15, 0.2) is 36.8 Å². The third kappa shape index (κ3) is 4.03. The first-order valence-corrected chi connectivity index (χ1v) is 7.84. The number of carbonyl (C=O) groups excluding carboxylic acids is 1. The van der Waals surface area contributed by atoms with Gasteiger partial charge in [-0.2, -0.15) is 0 Å². The van der Waals surface area contributed by atoms with Gasteiger partial charge in [0, 0.05) is 37.6 Å². The van der Waals surface area contributed by atoms with Crippen LogP contribution >= 0.6 is 0 Å². The molecule has 1 amide bonds. The fourth-order valence-electron chi connectivity index (χ4n) is 2.68. The van der Waals surface area contributed by atoms with E-state index >= 15 is 0 Å². The summed E-state index contributed by atoms with van der Waals surface area (Å²) >= 11 is 0. The zero-order valence-corrected chi connectivity index (χ0v) is 13.2. The second kappa shape index (κ2) is 7.17. The molecule has 1 aliphatic heterocycles. The van der Waals surface area contributed by atoms with Crippen molar-refractivity contribution in [2.75, 3.05) is 19.7 Å². The van der Waals surface area contributed by atoms with Crippen LogP contribution < -0.4 is 4.74 Å². The third-order valence-electron chi connectivity index (χ3n) is 3.90. The van der Waals surface area contributed by atoms with E-state index in [9.17, 15) is 4.79 Å². The first kappa shape index (κ1) is 15.4. The van der Waals surface area contributed by atoms with E-state index in [-0.39, 0.29) is 5.91 Å². The molecule has 3 heterocycles. The molecule has 6 nitrogen and oxygen atoms in total. The highest BCUT2D eigenvalue weighted by atomic mass is 16.5. The number of ether oxygens (including phenoxy) is 1. The zero-order chi connectivity index (χ0) is 16.1. The minimum absolute atomic E-state index is 0.0121. The van der Waals surface area contributed by atoms with Gasteiger partial charge in [0.15, 0.2) is 0 Å². The van der Waals surface area contributed by atoms with E-state index in [1.54, 1.807) is 24.7 Å². The number of piperidine rings is 1. The number of aromatic nitrogens is 3. The quantitative estimate of drug-likeness (QED) is 0.865. The molecule has 2 aromatic heterocycles. The fraction of sp³-hybridized carbons (Fsp3) is 0.412. The lowest BCUT2D eigenvalue weighted by molar-refractivity contribution is 0.0623. The number of hydrogen-bond donors (Lipinski definition) is 0. The van der Waals surface area contributed by atoms with Gasteiger partial charge in [-0.3, -0.25) is 9.78 Å². The second-order valence-electron chi connectivity index (χ2n) is 5.83. The lowest BCUT2D eigenvalue weighted by Gasteiger charge is -2.32. The Morgan fingerprint density at radius 1 is 1.30 bits per heavy atom. The van der Waals surface area contributed by atoms with E-state index < -0.39 is 0 Å². The maximum absolute atomic E-state index is 12.5. The van der Waals surface area contributed by atoms with Crippen LogP contribution in [0.25, 0.3) is 0 Å². The first-order valence-electron chi connectivity index (χ1n) is 7.84. The minimum atomic E-state index is -0.0121. The van der Waals surface area contributed by atoms with Crippen LogP contribution in [0.3, 0.4) is 0 Å². The summed E-state index contributed by atoms with van der Waals surface area (Å²) in [4.78, 5) is 26.7. The molecule has 0 aromatic carbocycles. The Hall–Kier alpha value is -2.50. The van der Waals surface area contributed by atoms with E-state index in [1.807, 2.05) is 24.0 Å². The summed E-state index contributed by atoms with van der Waals surface area (Å²) < 4.78 is 5.66. The van der Waals surface area contributed by atoms with Gasteiger partial charge < -0.3 is 9.64 Å². The highest BCUT2D eigenvalue weighted by molar-refractivity contribution is 5.92. The predicted molar refractivity (Wildman–Crippen MR) is 85.1 cm³/mol. The Morgan fingerprint density at radius 3 is 2.87 bits per heavy atom. The maximum atomic E-state index is 12.5. The Morgan fingerprint density at radius 2 is 2.13 bits per heavy atom. The Balaban J connectivity index is 1.56. The van der Waals surface area contributed by atoms with Crippen LogP contribution in [0.2, 0.25) is 0 Å². The molecule has 23 heavy (non-hydrogen) atoms. The molecule has 3 rings (SSSR count). The number of amides is 1. The third-order valence-corrected chi connectivity index (χ3v) is 3.90.